The van der Waals surface area contributed by atoms with Crippen LogP contribution in [0.25, 0.3) is 43.6 Å². The lowest BCUT2D eigenvalue weighted by atomic mass is 10.0. The third-order valence-electron chi connectivity index (χ3n) is 6.48. The zero-order valence-electron chi connectivity index (χ0n) is 18.5. The number of nitrogens with one attached hydrogen (secondary N) is 1. The molecular weight excluding hydrogens is 408 g/mol. The van der Waals surface area contributed by atoms with E-state index in [1.54, 1.807) is 0 Å². The number of aromatic nitrogens is 2. The monoisotopic (exact) mass is 430 g/mol. The van der Waals surface area contributed by atoms with Crippen molar-refractivity contribution in [1.82, 2.24) is 9.55 Å². The molecule has 0 bridgehead atoms. The molecule has 0 aliphatic heterocycles. The molecule has 0 spiro atoms. The van der Waals surface area contributed by atoms with Crippen LogP contribution in [-0.2, 0) is 6.54 Å². The number of rotatable bonds is 2. The Hall–Kier alpha value is -4.18. The maximum atomic E-state index is 13.6. The molecule has 160 valence electrons. The smallest absolute Gasteiger partial charge is 0.197 e. The Kier molecular flexibility index (Phi) is 4.24. The van der Waals surface area contributed by atoms with E-state index in [9.17, 15) is 9.59 Å². The number of pyridine rings is 2. The SMILES string of the molecule is Cc1ccc2[nH]c3cc4c(=O)c5cc(C)ccc5n(Cc5ccccc5)c4cc3c(=O)c2c1. The van der Waals surface area contributed by atoms with E-state index in [4.69, 9.17) is 0 Å². The second-order valence-corrected chi connectivity index (χ2v) is 8.84. The van der Waals surface area contributed by atoms with Crippen LogP contribution in [0.1, 0.15) is 16.7 Å². The van der Waals surface area contributed by atoms with Gasteiger partial charge in [0.25, 0.3) is 0 Å². The first-order valence-corrected chi connectivity index (χ1v) is 11.1. The molecule has 0 aliphatic rings. The fourth-order valence-corrected chi connectivity index (χ4v) is 4.81. The van der Waals surface area contributed by atoms with Crippen molar-refractivity contribution in [3.05, 3.63) is 116 Å². The van der Waals surface area contributed by atoms with Crippen LogP contribution in [0.2, 0.25) is 0 Å². The van der Waals surface area contributed by atoms with Crippen molar-refractivity contribution in [3.63, 3.8) is 0 Å². The van der Waals surface area contributed by atoms with Crippen LogP contribution in [0.4, 0.5) is 0 Å². The number of H-pyrrole nitrogens is 1. The first-order valence-electron chi connectivity index (χ1n) is 11.1. The summed E-state index contributed by atoms with van der Waals surface area (Å²) in [4.78, 5) is 30.4. The summed E-state index contributed by atoms with van der Waals surface area (Å²) < 4.78 is 2.15. The maximum Gasteiger partial charge on any atom is 0.197 e. The van der Waals surface area contributed by atoms with Crippen molar-refractivity contribution in [3.8, 4) is 0 Å². The molecule has 1 N–H and O–H groups in total. The maximum absolute atomic E-state index is 13.6. The highest BCUT2D eigenvalue weighted by atomic mass is 16.1. The van der Waals surface area contributed by atoms with E-state index >= 15 is 0 Å². The van der Waals surface area contributed by atoms with Gasteiger partial charge in [-0.15, -0.1) is 0 Å². The molecule has 0 saturated heterocycles. The van der Waals surface area contributed by atoms with Crippen LogP contribution >= 0.6 is 0 Å². The Morgan fingerprint density at radius 2 is 1.27 bits per heavy atom. The van der Waals surface area contributed by atoms with Crippen molar-refractivity contribution < 1.29 is 0 Å². The quantitative estimate of drug-likeness (QED) is 0.352. The first kappa shape index (κ1) is 19.5. The first-order chi connectivity index (χ1) is 16.0. The van der Waals surface area contributed by atoms with Gasteiger partial charge in [-0.2, -0.15) is 0 Å². The molecule has 0 fully saturated rings. The molecule has 4 aromatic carbocycles. The number of hydrogen-bond acceptors (Lipinski definition) is 2. The summed E-state index contributed by atoms with van der Waals surface area (Å²) in [7, 11) is 0. The Bertz CT molecular complexity index is 1840. The van der Waals surface area contributed by atoms with E-state index in [1.165, 1.54) is 0 Å². The van der Waals surface area contributed by atoms with Crippen molar-refractivity contribution in [2.45, 2.75) is 20.4 Å². The zero-order valence-corrected chi connectivity index (χ0v) is 18.5. The van der Waals surface area contributed by atoms with Gasteiger partial charge in [-0.25, -0.2) is 0 Å². The predicted molar refractivity (Wildman–Crippen MR) is 136 cm³/mol. The number of benzene rings is 4. The average molecular weight is 431 g/mol. The van der Waals surface area contributed by atoms with E-state index in [0.29, 0.717) is 33.6 Å². The summed E-state index contributed by atoms with van der Waals surface area (Å²) in [5.41, 5.74) is 6.27. The molecule has 0 unspecified atom stereocenters. The molecule has 0 aliphatic carbocycles. The summed E-state index contributed by atoms with van der Waals surface area (Å²) in [6, 6.07) is 25.7. The Morgan fingerprint density at radius 1 is 0.636 bits per heavy atom. The fraction of sp³-hybridized carbons (Fsp3) is 0.103. The van der Waals surface area contributed by atoms with Crippen molar-refractivity contribution in [2.75, 3.05) is 0 Å². The highest BCUT2D eigenvalue weighted by molar-refractivity contribution is 6.03. The van der Waals surface area contributed by atoms with Crippen LogP contribution < -0.4 is 10.9 Å². The number of hydrogen-bond donors (Lipinski definition) is 1. The normalized spacial score (nSPS) is 11.7. The number of fused-ring (bicyclic) bond motifs is 4. The molecule has 2 aromatic heterocycles. The second kappa shape index (κ2) is 7.17. The molecule has 6 rings (SSSR count). The molecule has 0 atom stereocenters. The highest BCUT2D eigenvalue weighted by Gasteiger charge is 2.15. The number of aryl methyl sites for hydroxylation is 2. The van der Waals surface area contributed by atoms with Gasteiger partial charge in [0.1, 0.15) is 0 Å². The standard InChI is InChI=1S/C29H22N2O2/c1-17-8-10-24-20(12-17)28(32)21-15-27-23(14-25(21)30-24)29(33)22-13-18(2)9-11-26(22)31(27)16-19-6-4-3-5-7-19/h3-15H,16H2,1-2H3,(H,30,32). The van der Waals surface area contributed by atoms with Gasteiger partial charge in [-0.3, -0.25) is 9.59 Å². The van der Waals surface area contributed by atoms with E-state index in [2.05, 4.69) is 21.7 Å². The average Bonchev–Trinajstić information content (AvgIpc) is 2.82. The highest BCUT2D eigenvalue weighted by Crippen LogP contribution is 2.26. The summed E-state index contributed by atoms with van der Waals surface area (Å²) in [6.07, 6.45) is 0. The van der Waals surface area contributed by atoms with Gasteiger partial charge < -0.3 is 9.55 Å². The molecule has 0 saturated carbocycles. The van der Waals surface area contributed by atoms with E-state index in [-0.39, 0.29) is 10.9 Å². The molecular formula is C29H22N2O2. The Labute approximate surface area is 189 Å². The summed E-state index contributed by atoms with van der Waals surface area (Å²) in [5, 5.41) is 2.55. The van der Waals surface area contributed by atoms with Gasteiger partial charge in [0.2, 0.25) is 0 Å². The number of nitrogens with zero attached hydrogens (tertiary/aromatic N) is 1. The zero-order chi connectivity index (χ0) is 22.7. The summed E-state index contributed by atoms with van der Waals surface area (Å²) in [6.45, 7) is 4.58. The van der Waals surface area contributed by atoms with Crippen LogP contribution in [0.15, 0.2) is 88.5 Å². The molecule has 2 heterocycles. The summed E-state index contributed by atoms with van der Waals surface area (Å²) in [5.74, 6) is 0. The van der Waals surface area contributed by atoms with Gasteiger partial charge >= 0.3 is 0 Å². The minimum absolute atomic E-state index is 0.0141. The van der Waals surface area contributed by atoms with Crippen LogP contribution in [0.5, 0.6) is 0 Å². The van der Waals surface area contributed by atoms with Gasteiger partial charge in [0.05, 0.1) is 16.6 Å². The Morgan fingerprint density at radius 3 is 2.06 bits per heavy atom. The van der Waals surface area contributed by atoms with Crippen LogP contribution in [0, 0.1) is 13.8 Å². The van der Waals surface area contributed by atoms with Gasteiger partial charge in [0, 0.05) is 33.6 Å². The predicted octanol–water partition coefficient (Wildman–Crippen LogP) is 5.81. The van der Waals surface area contributed by atoms with Crippen molar-refractivity contribution in [2.24, 2.45) is 0 Å². The van der Waals surface area contributed by atoms with E-state index < -0.39 is 0 Å². The molecule has 0 radical (unpaired) electrons. The molecule has 0 amide bonds. The van der Waals surface area contributed by atoms with Gasteiger partial charge in [-0.1, -0.05) is 53.6 Å². The lowest BCUT2D eigenvalue weighted by molar-refractivity contribution is 0.862. The topological polar surface area (TPSA) is 54.9 Å². The molecule has 6 aromatic rings. The molecule has 4 nitrogen and oxygen atoms in total. The third-order valence-corrected chi connectivity index (χ3v) is 6.48. The van der Waals surface area contributed by atoms with Gasteiger partial charge in [0.15, 0.2) is 10.9 Å². The third kappa shape index (κ3) is 3.06. The van der Waals surface area contributed by atoms with E-state index in [1.807, 2.05) is 80.6 Å². The second-order valence-electron chi connectivity index (χ2n) is 8.84. The summed E-state index contributed by atoms with van der Waals surface area (Å²) >= 11 is 0. The van der Waals surface area contributed by atoms with E-state index in [0.717, 1.165) is 33.2 Å². The van der Waals surface area contributed by atoms with Crippen LogP contribution in [-0.4, -0.2) is 9.55 Å². The molecule has 33 heavy (non-hydrogen) atoms. The van der Waals surface area contributed by atoms with Crippen LogP contribution in [0.3, 0.4) is 0 Å². The minimum atomic E-state index is -0.0212. The fourth-order valence-electron chi connectivity index (χ4n) is 4.81. The Balaban J connectivity index is 1.79. The minimum Gasteiger partial charge on any atom is -0.354 e. The number of aromatic amines is 1. The molecule has 4 heteroatoms. The van der Waals surface area contributed by atoms with Gasteiger partial charge in [-0.05, 0) is 55.8 Å². The van der Waals surface area contributed by atoms with Crippen molar-refractivity contribution >= 4 is 43.6 Å². The largest absolute Gasteiger partial charge is 0.354 e. The lowest BCUT2D eigenvalue weighted by Gasteiger charge is -2.17. The lowest BCUT2D eigenvalue weighted by Crippen LogP contribution is -2.14. The van der Waals surface area contributed by atoms with Crippen molar-refractivity contribution in [1.29, 1.82) is 0 Å².